The molecule has 12 heteroatoms. The van der Waals surface area contributed by atoms with Gasteiger partial charge in [-0.25, -0.2) is 9.38 Å². The highest BCUT2D eigenvalue weighted by atomic mass is 19.1. The fourth-order valence-corrected chi connectivity index (χ4v) is 6.14. The summed E-state index contributed by atoms with van der Waals surface area (Å²) in [5.41, 5.74) is 10.1. The minimum Gasteiger partial charge on any atom is -0.490 e. The average molecular weight is 599 g/mol. The standard InChI is InChI=1S/C31H43FN6O5/c1-19(2)29-35-31(43-36-29)37-14-11-20(12-15-37)18-42-26-10-9-23(16-24(26)32)21-5-7-22(8-6-21)30(41)34-17-27(39)38-13-3-4-25(38)28(33)40/h5,9-10,16,19-20,22,25,29,36H,3-4,6-8,11-15,17-18H2,1-2H3,(H2,33,40)(H,34,41)/t22?,25-,29?/m0/s1. The number of benzene rings is 1. The molecule has 43 heavy (non-hydrogen) atoms. The zero-order valence-corrected chi connectivity index (χ0v) is 25.0. The summed E-state index contributed by atoms with van der Waals surface area (Å²) in [5, 5.41) is 2.72. The molecule has 4 aliphatic rings. The molecule has 0 radical (unpaired) electrons. The SMILES string of the molecule is CC(C)C1N=C(N2CCC(COc3ccc(C4=CCC(C(=O)NCC(=O)N5CCC[C@H]5C(N)=O)CC4)cc3F)CC2)ON1. The summed E-state index contributed by atoms with van der Waals surface area (Å²) in [6, 6.07) is 5.11. The van der Waals surface area contributed by atoms with Crippen molar-refractivity contribution in [2.24, 2.45) is 28.5 Å². The van der Waals surface area contributed by atoms with E-state index < -0.39 is 17.8 Å². The third-order valence-corrected chi connectivity index (χ3v) is 8.91. The van der Waals surface area contributed by atoms with Crippen LogP contribution >= 0.6 is 0 Å². The molecule has 3 atom stereocenters. The van der Waals surface area contributed by atoms with Crippen molar-refractivity contribution in [3.05, 3.63) is 35.7 Å². The van der Waals surface area contributed by atoms with E-state index in [0.717, 1.165) is 43.5 Å². The number of amidine groups is 1. The van der Waals surface area contributed by atoms with Gasteiger partial charge in [0.2, 0.25) is 17.7 Å². The van der Waals surface area contributed by atoms with Crippen LogP contribution in [-0.4, -0.2) is 78.5 Å². The topological polar surface area (TPSA) is 139 Å². The third kappa shape index (κ3) is 7.46. The summed E-state index contributed by atoms with van der Waals surface area (Å²) < 4.78 is 20.9. The second-order valence-electron chi connectivity index (χ2n) is 12.3. The average Bonchev–Trinajstić information content (AvgIpc) is 3.71. The number of hydrogen-bond acceptors (Lipinski definition) is 8. The van der Waals surface area contributed by atoms with E-state index in [-0.39, 0.29) is 36.2 Å². The van der Waals surface area contributed by atoms with E-state index in [1.165, 1.54) is 11.0 Å². The molecule has 3 heterocycles. The van der Waals surface area contributed by atoms with E-state index in [4.69, 9.17) is 15.3 Å². The molecule has 234 valence electrons. The molecule has 5 rings (SSSR count). The Hall–Kier alpha value is -3.67. The molecule has 11 nitrogen and oxygen atoms in total. The molecular formula is C31H43FN6O5. The lowest BCUT2D eigenvalue weighted by Gasteiger charge is -2.31. The van der Waals surface area contributed by atoms with E-state index in [2.05, 4.69) is 34.5 Å². The molecule has 4 N–H and O–H groups in total. The lowest BCUT2D eigenvalue weighted by molar-refractivity contribution is -0.138. The first-order valence-corrected chi connectivity index (χ1v) is 15.4. The Balaban J connectivity index is 1.05. The third-order valence-electron chi connectivity index (χ3n) is 8.91. The summed E-state index contributed by atoms with van der Waals surface area (Å²) >= 11 is 0. The number of nitrogens with two attached hydrogens (primary N) is 1. The molecule has 0 aromatic heterocycles. The predicted octanol–water partition coefficient (Wildman–Crippen LogP) is 2.57. The van der Waals surface area contributed by atoms with E-state index >= 15 is 0 Å². The number of likely N-dealkylation sites (tertiary alicyclic amines) is 2. The number of carbonyl (C=O) groups is 3. The fourth-order valence-electron chi connectivity index (χ4n) is 6.14. The lowest BCUT2D eigenvalue weighted by Crippen LogP contribution is -2.48. The lowest BCUT2D eigenvalue weighted by atomic mass is 9.86. The Labute approximate surface area is 252 Å². The number of halogens is 1. The summed E-state index contributed by atoms with van der Waals surface area (Å²) in [4.78, 5) is 50.5. The van der Waals surface area contributed by atoms with Gasteiger partial charge in [0.1, 0.15) is 12.2 Å². The highest BCUT2D eigenvalue weighted by molar-refractivity contribution is 5.90. The highest BCUT2D eigenvalue weighted by Gasteiger charge is 2.33. The number of piperidine rings is 1. The Bertz CT molecular complexity index is 1260. The minimum atomic E-state index is -0.594. The largest absolute Gasteiger partial charge is 0.490 e. The first-order valence-electron chi connectivity index (χ1n) is 15.4. The highest BCUT2D eigenvalue weighted by Crippen LogP contribution is 2.33. The number of aliphatic imine (C=N–C) groups is 1. The van der Waals surface area contributed by atoms with Gasteiger partial charge in [-0.1, -0.05) is 26.0 Å². The molecule has 0 bridgehead atoms. The van der Waals surface area contributed by atoms with Crippen molar-refractivity contribution in [1.82, 2.24) is 20.6 Å². The Morgan fingerprint density at radius 2 is 1.98 bits per heavy atom. The van der Waals surface area contributed by atoms with Crippen LogP contribution in [0.2, 0.25) is 0 Å². The number of nitrogens with zero attached hydrogens (tertiary/aromatic N) is 3. The number of hydroxylamine groups is 1. The van der Waals surface area contributed by atoms with Gasteiger partial charge >= 0.3 is 6.02 Å². The summed E-state index contributed by atoms with van der Waals surface area (Å²) in [7, 11) is 0. The van der Waals surface area contributed by atoms with Crippen molar-refractivity contribution in [3.8, 4) is 5.75 Å². The number of hydrogen-bond donors (Lipinski definition) is 3. The fraction of sp³-hybridized carbons (Fsp3) is 0.613. The van der Waals surface area contributed by atoms with Crippen LogP contribution in [0.25, 0.3) is 5.57 Å². The first-order chi connectivity index (χ1) is 20.7. The zero-order chi connectivity index (χ0) is 30.5. The monoisotopic (exact) mass is 598 g/mol. The maximum atomic E-state index is 15.0. The molecule has 2 unspecified atom stereocenters. The summed E-state index contributed by atoms with van der Waals surface area (Å²) in [6.45, 7) is 6.60. The van der Waals surface area contributed by atoms with Crippen LogP contribution in [0, 0.1) is 23.6 Å². The van der Waals surface area contributed by atoms with Gasteiger partial charge in [-0.15, -0.1) is 5.48 Å². The quantitative estimate of drug-likeness (QED) is 0.397. The molecule has 3 aliphatic heterocycles. The van der Waals surface area contributed by atoms with Gasteiger partial charge in [-0.2, -0.15) is 0 Å². The van der Waals surface area contributed by atoms with Gasteiger partial charge < -0.3 is 30.4 Å². The van der Waals surface area contributed by atoms with E-state index in [1.807, 2.05) is 12.1 Å². The van der Waals surface area contributed by atoms with E-state index in [0.29, 0.717) is 56.7 Å². The smallest absolute Gasteiger partial charge is 0.309 e. The first kappa shape index (κ1) is 30.8. The van der Waals surface area contributed by atoms with Gasteiger partial charge in [0, 0.05) is 25.6 Å². The van der Waals surface area contributed by atoms with Crippen molar-refractivity contribution in [1.29, 1.82) is 0 Å². The number of carbonyl (C=O) groups excluding carboxylic acids is 3. The molecule has 0 saturated carbocycles. The Morgan fingerprint density at radius 1 is 1.19 bits per heavy atom. The van der Waals surface area contributed by atoms with Crippen LogP contribution in [-0.2, 0) is 19.2 Å². The van der Waals surface area contributed by atoms with Gasteiger partial charge in [0.05, 0.1) is 13.2 Å². The van der Waals surface area contributed by atoms with Gasteiger partial charge in [0.15, 0.2) is 11.6 Å². The normalized spacial score (nSPS) is 24.4. The molecular weight excluding hydrogens is 555 g/mol. The Morgan fingerprint density at radius 3 is 2.63 bits per heavy atom. The van der Waals surface area contributed by atoms with Crippen molar-refractivity contribution in [2.75, 3.05) is 32.8 Å². The number of nitrogens with one attached hydrogen (secondary N) is 2. The van der Waals surface area contributed by atoms with Gasteiger partial charge in [-0.05, 0) is 80.1 Å². The van der Waals surface area contributed by atoms with Crippen molar-refractivity contribution < 1.29 is 28.3 Å². The van der Waals surface area contributed by atoms with Crippen molar-refractivity contribution in [2.45, 2.75) is 71.0 Å². The van der Waals surface area contributed by atoms with Crippen LogP contribution in [0.5, 0.6) is 5.75 Å². The maximum Gasteiger partial charge on any atom is 0.309 e. The number of rotatable bonds is 9. The van der Waals surface area contributed by atoms with E-state index in [9.17, 15) is 18.8 Å². The number of allylic oxidation sites excluding steroid dienone is 2. The van der Waals surface area contributed by atoms with Crippen LogP contribution in [0.3, 0.4) is 0 Å². The minimum absolute atomic E-state index is 0.0194. The molecule has 3 amide bonds. The number of amides is 3. The van der Waals surface area contributed by atoms with Crippen molar-refractivity contribution >= 4 is 29.3 Å². The van der Waals surface area contributed by atoms with Crippen LogP contribution in [0.4, 0.5) is 4.39 Å². The van der Waals surface area contributed by atoms with Crippen LogP contribution < -0.4 is 21.3 Å². The molecule has 1 aromatic carbocycles. The summed E-state index contributed by atoms with van der Waals surface area (Å²) in [6.07, 6.45) is 6.80. The van der Waals surface area contributed by atoms with Gasteiger partial charge in [-0.3, -0.25) is 14.4 Å². The van der Waals surface area contributed by atoms with E-state index in [1.54, 1.807) is 6.07 Å². The second-order valence-corrected chi connectivity index (χ2v) is 12.3. The zero-order valence-electron chi connectivity index (χ0n) is 25.0. The Kier molecular flexibility index (Phi) is 9.84. The van der Waals surface area contributed by atoms with Crippen LogP contribution in [0.15, 0.2) is 29.3 Å². The molecule has 2 fully saturated rings. The molecule has 0 spiro atoms. The summed E-state index contributed by atoms with van der Waals surface area (Å²) in [5.74, 6) is -0.745. The van der Waals surface area contributed by atoms with Crippen molar-refractivity contribution in [3.63, 3.8) is 0 Å². The number of primary amides is 1. The molecule has 1 aliphatic carbocycles. The molecule has 1 aromatic rings. The number of ether oxygens (including phenoxy) is 1. The molecule has 2 saturated heterocycles. The predicted molar refractivity (Wildman–Crippen MR) is 159 cm³/mol. The van der Waals surface area contributed by atoms with Crippen LogP contribution in [0.1, 0.15) is 64.4 Å². The second kappa shape index (κ2) is 13.7. The maximum absolute atomic E-state index is 15.0. The van der Waals surface area contributed by atoms with Gasteiger partial charge in [0.25, 0.3) is 0 Å².